The van der Waals surface area contributed by atoms with E-state index in [4.69, 9.17) is 0 Å². The summed E-state index contributed by atoms with van der Waals surface area (Å²) < 4.78 is 0. The predicted molar refractivity (Wildman–Crippen MR) is 95.9 cm³/mol. The summed E-state index contributed by atoms with van der Waals surface area (Å²) in [7, 11) is 3.94. The smallest absolute Gasteiger partial charge is 0.180 e. The molecule has 0 unspecified atom stereocenters. The minimum absolute atomic E-state index is 0.164. The molecule has 0 saturated carbocycles. The Hall–Kier alpha value is -2.45. The van der Waals surface area contributed by atoms with Crippen LogP contribution in [0.2, 0.25) is 0 Å². The second-order valence-corrected chi connectivity index (χ2v) is 6.05. The molecule has 0 N–H and O–H groups in total. The highest BCUT2D eigenvalue weighted by Crippen LogP contribution is 2.22. The number of benzene rings is 3. The maximum Gasteiger partial charge on any atom is 0.180 e. The van der Waals surface area contributed by atoms with Gasteiger partial charge in [-0.1, -0.05) is 72.8 Å². The van der Waals surface area contributed by atoms with Crippen molar-refractivity contribution in [2.75, 3.05) is 14.1 Å². The van der Waals surface area contributed by atoms with Gasteiger partial charge in [-0.25, -0.2) is 0 Å². The van der Waals surface area contributed by atoms with E-state index in [9.17, 15) is 4.79 Å². The fraction of sp³-hybridized carbons (Fsp3) is 0.190. The molecule has 116 valence electrons. The Morgan fingerprint density at radius 1 is 0.870 bits per heavy atom. The molecule has 23 heavy (non-hydrogen) atoms. The minimum atomic E-state index is -0.164. The Morgan fingerprint density at radius 3 is 2.26 bits per heavy atom. The van der Waals surface area contributed by atoms with Gasteiger partial charge in [-0.15, -0.1) is 0 Å². The zero-order valence-corrected chi connectivity index (χ0v) is 13.6. The van der Waals surface area contributed by atoms with Crippen LogP contribution in [0.5, 0.6) is 0 Å². The Kier molecular flexibility index (Phi) is 4.54. The normalized spacial score (nSPS) is 12.5. The van der Waals surface area contributed by atoms with Crippen LogP contribution in [-0.2, 0) is 6.42 Å². The van der Waals surface area contributed by atoms with Gasteiger partial charge in [0.15, 0.2) is 5.78 Å². The lowest BCUT2D eigenvalue weighted by atomic mass is 9.94. The summed E-state index contributed by atoms with van der Waals surface area (Å²) in [6.07, 6.45) is 0.710. The van der Waals surface area contributed by atoms with E-state index in [0.717, 1.165) is 5.56 Å². The van der Waals surface area contributed by atoms with Crippen molar-refractivity contribution in [2.45, 2.75) is 12.5 Å². The average Bonchev–Trinajstić information content (AvgIpc) is 2.59. The van der Waals surface area contributed by atoms with Crippen LogP contribution in [0.25, 0.3) is 10.8 Å². The summed E-state index contributed by atoms with van der Waals surface area (Å²) in [4.78, 5) is 14.9. The van der Waals surface area contributed by atoms with Gasteiger partial charge in [0.2, 0.25) is 0 Å². The summed E-state index contributed by atoms with van der Waals surface area (Å²) in [5.74, 6) is 0.170. The fourth-order valence-electron chi connectivity index (χ4n) is 2.98. The molecule has 0 bridgehead atoms. The first-order valence-corrected chi connectivity index (χ1v) is 7.89. The number of hydrogen-bond donors (Lipinski definition) is 0. The van der Waals surface area contributed by atoms with Crippen LogP contribution in [0.4, 0.5) is 0 Å². The van der Waals surface area contributed by atoms with Crippen LogP contribution >= 0.6 is 0 Å². The predicted octanol–water partition coefficient (Wildman–Crippen LogP) is 4.20. The molecule has 0 aliphatic rings. The van der Waals surface area contributed by atoms with Crippen LogP contribution in [0.3, 0.4) is 0 Å². The number of nitrogens with zero attached hydrogens (tertiary/aromatic N) is 1. The van der Waals surface area contributed by atoms with Crippen molar-refractivity contribution < 1.29 is 4.79 Å². The van der Waals surface area contributed by atoms with Crippen LogP contribution in [0.1, 0.15) is 15.9 Å². The zero-order chi connectivity index (χ0) is 16.2. The molecule has 3 rings (SSSR count). The van der Waals surface area contributed by atoms with Gasteiger partial charge in [0.05, 0.1) is 6.04 Å². The Bertz CT molecular complexity index is 803. The van der Waals surface area contributed by atoms with Crippen molar-refractivity contribution in [1.29, 1.82) is 0 Å². The van der Waals surface area contributed by atoms with Crippen molar-refractivity contribution >= 4 is 16.6 Å². The molecule has 2 heteroatoms. The van der Waals surface area contributed by atoms with Gasteiger partial charge in [-0.3, -0.25) is 9.69 Å². The highest BCUT2D eigenvalue weighted by Gasteiger charge is 2.23. The van der Waals surface area contributed by atoms with Crippen LogP contribution in [0, 0.1) is 0 Å². The first-order valence-electron chi connectivity index (χ1n) is 7.89. The Balaban J connectivity index is 1.95. The van der Waals surface area contributed by atoms with Gasteiger partial charge in [-0.2, -0.15) is 0 Å². The van der Waals surface area contributed by atoms with E-state index in [2.05, 4.69) is 36.4 Å². The molecule has 0 fully saturated rings. The molecule has 0 heterocycles. The van der Waals surface area contributed by atoms with Crippen molar-refractivity contribution in [2.24, 2.45) is 0 Å². The second-order valence-electron chi connectivity index (χ2n) is 6.05. The van der Waals surface area contributed by atoms with Gasteiger partial charge in [0.25, 0.3) is 0 Å². The van der Waals surface area contributed by atoms with Crippen molar-refractivity contribution in [3.05, 3.63) is 83.9 Å². The van der Waals surface area contributed by atoms with Crippen LogP contribution in [0.15, 0.2) is 72.8 Å². The maximum absolute atomic E-state index is 12.9. The maximum atomic E-state index is 12.9. The molecule has 0 spiro atoms. The van der Waals surface area contributed by atoms with E-state index >= 15 is 0 Å². The Labute approximate surface area is 137 Å². The summed E-state index contributed by atoms with van der Waals surface area (Å²) in [6, 6.07) is 24.0. The monoisotopic (exact) mass is 303 g/mol. The van der Waals surface area contributed by atoms with E-state index < -0.39 is 0 Å². The number of rotatable bonds is 5. The largest absolute Gasteiger partial charge is 0.299 e. The van der Waals surface area contributed by atoms with Crippen molar-refractivity contribution in [3.63, 3.8) is 0 Å². The summed E-state index contributed by atoms with van der Waals surface area (Å²) in [5.41, 5.74) is 1.98. The molecular weight excluding hydrogens is 282 g/mol. The van der Waals surface area contributed by atoms with Crippen LogP contribution in [-0.4, -0.2) is 30.8 Å². The standard InChI is InChI=1S/C21H21NO/c1-22(2)20(21(23)17-10-4-3-5-11-17)15-18-13-8-12-16-9-6-7-14-19(16)18/h3-14,20H,15H2,1-2H3/t20-/m0/s1. The second kappa shape index (κ2) is 6.76. The summed E-state index contributed by atoms with van der Waals surface area (Å²) >= 11 is 0. The van der Waals surface area contributed by atoms with Gasteiger partial charge in [0, 0.05) is 5.56 Å². The molecule has 3 aromatic carbocycles. The quantitative estimate of drug-likeness (QED) is 0.659. The number of likely N-dealkylation sites (N-methyl/N-ethyl adjacent to an activating group) is 1. The molecule has 0 amide bonds. The minimum Gasteiger partial charge on any atom is -0.299 e. The highest BCUT2D eigenvalue weighted by molar-refractivity contribution is 6.00. The average molecular weight is 303 g/mol. The first kappa shape index (κ1) is 15.4. The molecule has 3 aromatic rings. The topological polar surface area (TPSA) is 20.3 Å². The van der Waals surface area contributed by atoms with E-state index in [-0.39, 0.29) is 11.8 Å². The summed E-state index contributed by atoms with van der Waals surface area (Å²) in [5, 5.41) is 2.44. The van der Waals surface area contributed by atoms with Gasteiger partial charge < -0.3 is 0 Å². The SMILES string of the molecule is CN(C)[C@@H](Cc1cccc2ccccc12)C(=O)c1ccccc1. The number of hydrogen-bond acceptors (Lipinski definition) is 2. The third-order valence-electron chi connectivity index (χ3n) is 4.28. The lowest BCUT2D eigenvalue weighted by Gasteiger charge is -2.24. The highest BCUT2D eigenvalue weighted by atomic mass is 16.1. The molecule has 0 aliphatic carbocycles. The lowest BCUT2D eigenvalue weighted by molar-refractivity contribution is 0.0875. The third-order valence-corrected chi connectivity index (χ3v) is 4.28. The Morgan fingerprint density at radius 2 is 1.52 bits per heavy atom. The molecular formula is C21H21NO. The number of Topliss-reactive ketones (excluding diaryl/α,β-unsaturated/α-hetero) is 1. The third kappa shape index (κ3) is 3.33. The van der Waals surface area contributed by atoms with E-state index in [1.165, 1.54) is 16.3 Å². The number of carbonyl (C=O) groups is 1. The number of carbonyl (C=O) groups excluding carboxylic acids is 1. The van der Waals surface area contributed by atoms with E-state index in [1.54, 1.807) is 0 Å². The van der Waals surface area contributed by atoms with Crippen molar-refractivity contribution in [3.8, 4) is 0 Å². The van der Waals surface area contributed by atoms with Gasteiger partial charge in [-0.05, 0) is 36.9 Å². The fourth-order valence-corrected chi connectivity index (χ4v) is 2.98. The molecule has 2 nitrogen and oxygen atoms in total. The number of ketones is 1. The van der Waals surface area contributed by atoms with E-state index in [0.29, 0.717) is 6.42 Å². The molecule has 0 aromatic heterocycles. The summed E-state index contributed by atoms with van der Waals surface area (Å²) in [6.45, 7) is 0. The zero-order valence-electron chi connectivity index (χ0n) is 13.6. The van der Waals surface area contributed by atoms with Crippen LogP contribution < -0.4 is 0 Å². The first-order chi connectivity index (χ1) is 11.2. The molecule has 1 atom stereocenters. The van der Waals surface area contributed by atoms with Gasteiger partial charge in [0.1, 0.15) is 0 Å². The molecule has 0 radical (unpaired) electrons. The lowest BCUT2D eigenvalue weighted by Crippen LogP contribution is -2.37. The van der Waals surface area contributed by atoms with Crippen molar-refractivity contribution in [1.82, 2.24) is 4.90 Å². The van der Waals surface area contributed by atoms with E-state index in [1.807, 2.05) is 55.4 Å². The number of fused-ring (bicyclic) bond motifs is 1. The molecule has 0 saturated heterocycles. The molecule has 0 aliphatic heterocycles. The van der Waals surface area contributed by atoms with Gasteiger partial charge >= 0.3 is 0 Å².